The van der Waals surface area contributed by atoms with Gasteiger partial charge in [0.1, 0.15) is 0 Å². The number of carbonyl (C=O) groups is 2. The average molecular weight is 346 g/mol. The summed E-state index contributed by atoms with van der Waals surface area (Å²) in [6.07, 6.45) is 1.07. The lowest BCUT2D eigenvalue weighted by Crippen LogP contribution is -2.03. The first kappa shape index (κ1) is 17.4. The summed E-state index contributed by atoms with van der Waals surface area (Å²) in [5.41, 5.74) is 4.18. The highest BCUT2D eigenvalue weighted by molar-refractivity contribution is 5.90. The molecule has 130 valence electrons. The van der Waals surface area contributed by atoms with E-state index in [1.54, 1.807) is 24.3 Å². The quantitative estimate of drug-likeness (QED) is 0.699. The highest BCUT2D eigenvalue weighted by Crippen LogP contribution is 2.18. The van der Waals surface area contributed by atoms with Gasteiger partial charge in [0, 0.05) is 0 Å². The SMILES string of the molecule is O=C(O)c1ccccc1Cc1ccc(Cc2ccccc2C(=O)O)cc1. The first-order chi connectivity index (χ1) is 12.5. The van der Waals surface area contributed by atoms with Crippen LogP contribution in [0, 0.1) is 0 Å². The third kappa shape index (κ3) is 3.98. The zero-order valence-electron chi connectivity index (χ0n) is 14.1. The molecule has 26 heavy (non-hydrogen) atoms. The van der Waals surface area contributed by atoms with Gasteiger partial charge in [0.2, 0.25) is 0 Å². The van der Waals surface area contributed by atoms with Crippen LogP contribution in [0.4, 0.5) is 0 Å². The summed E-state index contributed by atoms with van der Waals surface area (Å²) in [5, 5.41) is 18.5. The van der Waals surface area contributed by atoms with E-state index in [-0.39, 0.29) is 0 Å². The van der Waals surface area contributed by atoms with E-state index in [4.69, 9.17) is 0 Å². The van der Waals surface area contributed by atoms with Crippen LogP contribution >= 0.6 is 0 Å². The lowest BCUT2D eigenvalue weighted by Gasteiger charge is -2.09. The third-order valence-electron chi connectivity index (χ3n) is 4.31. The summed E-state index contributed by atoms with van der Waals surface area (Å²) in [4.78, 5) is 22.6. The van der Waals surface area contributed by atoms with E-state index in [0.717, 1.165) is 22.3 Å². The lowest BCUT2D eigenvalue weighted by molar-refractivity contribution is 0.0685. The fourth-order valence-corrected chi connectivity index (χ4v) is 2.98. The highest BCUT2D eigenvalue weighted by Gasteiger charge is 2.11. The van der Waals surface area contributed by atoms with Crippen LogP contribution in [0.3, 0.4) is 0 Å². The summed E-state index contributed by atoms with van der Waals surface area (Å²) < 4.78 is 0. The maximum absolute atomic E-state index is 11.3. The Morgan fingerprint density at radius 3 is 1.27 bits per heavy atom. The summed E-state index contributed by atoms with van der Waals surface area (Å²) in [7, 11) is 0. The molecule has 0 saturated carbocycles. The predicted molar refractivity (Wildman–Crippen MR) is 98.9 cm³/mol. The maximum Gasteiger partial charge on any atom is 0.335 e. The summed E-state index contributed by atoms with van der Waals surface area (Å²) in [5.74, 6) is -1.86. The van der Waals surface area contributed by atoms with E-state index in [2.05, 4.69) is 0 Å². The number of aromatic carboxylic acids is 2. The Kier molecular flexibility index (Phi) is 5.13. The molecule has 0 unspecified atom stereocenters. The fraction of sp³-hybridized carbons (Fsp3) is 0.0909. The Labute approximate surface area is 151 Å². The zero-order chi connectivity index (χ0) is 18.5. The normalized spacial score (nSPS) is 10.5. The van der Waals surface area contributed by atoms with Crippen molar-refractivity contribution >= 4 is 11.9 Å². The van der Waals surface area contributed by atoms with Gasteiger partial charge < -0.3 is 10.2 Å². The molecule has 0 radical (unpaired) electrons. The van der Waals surface area contributed by atoms with Crippen molar-refractivity contribution in [3.63, 3.8) is 0 Å². The largest absolute Gasteiger partial charge is 0.478 e. The van der Waals surface area contributed by atoms with E-state index < -0.39 is 11.9 Å². The fourth-order valence-electron chi connectivity index (χ4n) is 2.98. The summed E-state index contributed by atoms with van der Waals surface area (Å²) >= 11 is 0. The van der Waals surface area contributed by atoms with Gasteiger partial charge in [0.15, 0.2) is 0 Å². The van der Waals surface area contributed by atoms with Gasteiger partial charge in [-0.15, -0.1) is 0 Å². The second-order valence-corrected chi connectivity index (χ2v) is 6.09. The summed E-state index contributed by atoms with van der Waals surface area (Å²) in [6, 6.07) is 21.8. The van der Waals surface area contributed by atoms with Gasteiger partial charge in [-0.2, -0.15) is 0 Å². The number of hydrogen-bond donors (Lipinski definition) is 2. The molecule has 0 heterocycles. The highest BCUT2D eigenvalue weighted by atomic mass is 16.4. The Bertz CT molecular complexity index is 864. The molecule has 0 amide bonds. The van der Waals surface area contributed by atoms with Crippen molar-refractivity contribution in [3.05, 3.63) is 106 Å². The Hall–Kier alpha value is -3.40. The monoisotopic (exact) mass is 346 g/mol. The lowest BCUT2D eigenvalue weighted by atomic mass is 9.96. The number of rotatable bonds is 6. The van der Waals surface area contributed by atoms with Gasteiger partial charge in [-0.05, 0) is 47.2 Å². The van der Waals surface area contributed by atoms with Gasteiger partial charge in [-0.25, -0.2) is 9.59 Å². The standard InChI is InChI=1S/C22H18O4/c23-21(24)19-7-3-1-5-17(19)13-15-9-11-16(12-10-15)14-18-6-2-4-8-20(18)22(25)26/h1-12H,13-14H2,(H,23,24)(H,25,26). The molecule has 0 aliphatic heterocycles. The van der Waals surface area contributed by atoms with Crippen molar-refractivity contribution in [2.75, 3.05) is 0 Å². The smallest absolute Gasteiger partial charge is 0.335 e. The molecule has 0 spiro atoms. The van der Waals surface area contributed by atoms with E-state index >= 15 is 0 Å². The van der Waals surface area contributed by atoms with Crippen molar-refractivity contribution < 1.29 is 19.8 Å². The topological polar surface area (TPSA) is 74.6 Å². The second-order valence-electron chi connectivity index (χ2n) is 6.09. The van der Waals surface area contributed by atoms with Crippen LogP contribution in [0.1, 0.15) is 43.0 Å². The van der Waals surface area contributed by atoms with Gasteiger partial charge in [0.05, 0.1) is 11.1 Å². The molecule has 0 aliphatic carbocycles. The van der Waals surface area contributed by atoms with E-state index in [0.29, 0.717) is 24.0 Å². The number of carboxylic acids is 2. The van der Waals surface area contributed by atoms with Crippen molar-refractivity contribution in [3.8, 4) is 0 Å². The number of benzene rings is 3. The molecule has 3 rings (SSSR count). The van der Waals surface area contributed by atoms with Crippen LogP contribution in [0.25, 0.3) is 0 Å². The predicted octanol–water partition coefficient (Wildman–Crippen LogP) is 4.26. The molecule has 3 aromatic carbocycles. The van der Waals surface area contributed by atoms with Crippen molar-refractivity contribution in [2.24, 2.45) is 0 Å². The van der Waals surface area contributed by atoms with E-state index in [1.807, 2.05) is 48.5 Å². The van der Waals surface area contributed by atoms with Crippen LogP contribution in [0.2, 0.25) is 0 Å². The Morgan fingerprint density at radius 2 is 0.923 bits per heavy atom. The maximum atomic E-state index is 11.3. The van der Waals surface area contributed by atoms with E-state index in [9.17, 15) is 19.8 Å². The van der Waals surface area contributed by atoms with Crippen LogP contribution in [-0.4, -0.2) is 22.2 Å². The van der Waals surface area contributed by atoms with Gasteiger partial charge in [-0.3, -0.25) is 0 Å². The van der Waals surface area contributed by atoms with Crippen LogP contribution in [0.5, 0.6) is 0 Å². The first-order valence-electron chi connectivity index (χ1n) is 8.25. The first-order valence-corrected chi connectivity index (χ1v) is 8.25. The molecule has 0 aliphatic rings. The van der Waals surface area contributed by atoms with Gasteiger partial charge in [-0.1, -0.05) is 60.7 Å². The minimum atomic E-state index is -0.928. The van der Waals surface area contributed by atoms with Crippen molar-refractivity contribution in [1.29, 1.82) is 0 Å². The Balaban J connectivity index is 1.78. The van der Waals surface area contributed by atoms with Gasteiger partial charge in [0.25, 0.3) is 0 Å². The minimum Gasteiger partial charge on any atom is -0.478 e. The summed E-state index contributed by atoms with van der Waals surface area (Å²) in [6.45, 7) is 0. The van der Waals surface area contributed by atoms with Crippen LogP contribution < -0.4 is 0 Å². The average Bonchev–Trinajstić information content (AvgIpc) is 2.64. The minimum absolute atomic E-state index is 0.312. The molecule has 0 bridgehead atoms. The third-order valence-corrected chi connectivity index (χ3v) is 4.31. The molecule has 0 saturated heterocycles. The van der Waals surface area contributed by atoms with Crippen LogP contribution in [-0.2, 0) is 12.8 Å². The zero-order valence-corrected chi connectivity index (χ0v) is 14.1. The number of hydrogen-bond acceptors (Lipinski definition) is 2. The molecule has 0 fully saturated rings. The van der Waals surface area contributed by atoms with Crippen molar-refractivity contribution in [1.82, 2.24) is 0 Å². The molecular weight excluding hydrogens is 328 g/mol. The molecule has 4 heteroatoms. The molecule has 2 N–H and O–H groups in total. The molecule has 0 atom stereocenters. The Morgan fingerprint density at radius 1 is 0.577 bits per heavy atom. The number of carboxylic acid groups (broad SMARTS) is 2. The molecule has 3 aromatic rings. The molecule has 4 nitrogen and oxygen atoms in total. The van der Waals surface area contributed by atoms with Crippen LogP contribution in [0.15, 0.2) is 72.8 Å². The second kappa shape index (κ2) is 7.66. The van der Waals surface area contributed by atoms with Gasteiger partial charge >= 0.3 is 11.9 Å². The molecular formula is C22H18O4. The molecule has 0 aromatic heterocycles. The van der Waals surface area contributed by atoms with Crippen molar-refractivity contribution in [2.45, 2.75) is 12.8 Å². The van der Waals surface area contributed by atoms with E-state index in [1.165, 1.54) is 0 Å².